The molecule has 1 atom stereocenters. The van der Waals surface area contributed by atoms with Crippen LogP contribution in [0.15, 0.2) is 48.7 Å². The number of rotatable bonds is 6. The number of hydrogen-bond acceptors (Lipinski definition) is 9. The summed E-state index contributed by atoms with van der Waals surface area (Å²) in [5.41, 5.74) is 1.35. The molecule has 1 aromatic carbocycles. The molecule has 1 unspecified atom stereocenters. The van der Waals surface area contributed by atoms with Crippen molar-refractivity contribution in [3.8, 4) is 11.9 Å². The molecule has 2 saturated heterocycles. The van der Waals surface area contributed by atoms with Gasteiger partial charge in [0.1, 0.15) is 37.0 Å². The predicted molar refractivity (Wildman–Crippen MR) is 130 cm³/mol. The Hall–Kier alpha value is -4.17. The van der Waals surface area contributed by atoms with Gasteiger partial charge in [0.05, 0.1) is 16.9 Å². The normalized spacial score (nSPS) is 17.6. The van der Waals surface area contributed by atoms with E-state index in [0.717, 1.165) is 5.82 Å². The standard InChI is InChI=1S/C24H21ClFN7O3/c25-21-4-6-23(30-29-21)35-14-18-15-36-24(34)33(18)17-2-3-20(19(26)11-17)31-7-9-32(10-8-31)22-5-1-16(12-27)13-28-22/h1-6,11,13,18H,7-10,14-15H2. The topological polar surface area (TPSA) is 108 Å². The van der Waals surface area contributed by atoms with Gasteiger partial charge in [-0.2, -0.15) is 5.26 Å². The summed E-state index contributed by atoms with van der Waals surface area (Å²) in [5, 5.41) is 16.7. The van der Waals surface area contributed by atoms with Crippen LogP contribution < -0.4 is 19.4 Å². The molecule has 184 valence electrons. The molecule has 3 aromatic rings. The number of carbonyl (C=O) groups excluding carboxylic acids is 1. The van der Waals surface area contributed by atoms with E-state index in [9.17, 15) is 4.79 Å². The van der Waals surface area contributed by atoms with E-state index in [4.69, 9.17) is 26.3 Å². The molecule has 10 nitrogen and oxygen atoms in total. The van der Waals surface area contributed by atoms with Gasteiger partial charge < -0.3 is 19.3 Å². The van der Waals surface area contributed by atoms with E-state index < -0.39 is 18.0 Å². The molecule has 2 aliphatic heterocycles. The zero-order valence-corrected chi connectivity index (χ0v) is 19.8. The van der Waals surface area contributed by atoms with Gasteiger partial charge in [0.25, 0.3) is 0 Å². The Bertz CT molecular complexity index is 1280. The highest BCUT2D eigenvalue weighted by Gasteiger charge is 2.35. The zero-order valence-electron chi connectivity index (χ0n) is 19.0. The molecule has 0 aliphatic carbocycles. The third-order valence-electron chi connectivity index (χ3n) is 6.02. The quantitative estimate of drug-likeness (QED) is 0.494. The van der Waals surface area contributed by atoms with Gasteiger partial charge in [0, 0.05) is 38.4 Å². The van der Waals surface area contributed by atoms with Crippen LogP contribution >= 0.6 is 11.6 Å². The molecule has 1 amide bonds. The van der Waals surface area contributed by atoms with Crippen molar-refractivity contribution in [3.63, 3.8) is 0 Å². The summed E-state index contributed by atoms with van der Waals surface area (Å²) in [6.45, 7) is 2.72. The van der Waals surface area contributed by atoms with Gasteiger partial charge in [-0.15, -0.1) is 10.2 Å². The van der Waals surface area contributed by atoms with Crippen LogP contribution in [-0.2, 0) is 4.74 Å². The van der Waals surface area contributed by atoms with Gasteiger partial charge in [-0.3, -0.25) is 4.90 Å². The van der Waals surface area contributed by atoms with Gasteiger partial charge in [-0.05, 0) is 36.4 Å². The minimum atomic E-state index is -0.568. The Kier molecular flexibility index (Phi) is 6.69. The molecule has 4 heterocycles. The van der Waals surface area contributed by atoms with Crippen LogP contribution in [0.4, 0.5) is 26.4 Å². The summed E-state index contributed by atoms with van der Waals surface area (Å²) in [7, 11) is 0. The second-order valence-corrected chi connectivity index (χ2v) is 8.62. The van der Waals surface area contributed by atoms with Crippen molar-refractivity contribution in [2.75, 3.05) is 54.1 Å². The second kappa shape index (κ2) is 10.2. The lowest BCUT2D eigenvalue weighted by atomic mass is 10.2. The average molecular weight is 510 g/mol. The minimum Gasteiger partial charge on any atom is -0.474 e. The summed E-state index contributed by atoms with van der Waals surface area (Å²) >= 11 is 5.73. The molecule has 0 bridgehead atoms. The van der Waals surface area contributed by atoms with E-state index >= 15 is 4.39 Å². The molecule has 0 N–H and O–H groups in total. The molecule has 0 saturated carbocycles. The van der Waals surface area contributed by atoms with Crippen LogP contribution in [0.1, 0.15) is 5.56 Å². The second-order valence-electron chi connectivity index (χ2n) is 8.23. The Morgan fingerprint density at radius 2 is 1.92 bits per heavy atom. The molecule has 12 heteroatoms. The highest BCUT2D eigenvalue weighted by atomic mass is 35.5. The lowest BCUT2D eigenvalue weighted by molar-refractivity contribution is 0.174. The van der Waals surface area contributed by atoms with Crippen molar-refractivity contribution in [1.82, 2.24) is 15.2 Å². The van der Waals surface area contributed by atoms with Gasteiger partial charge >= 0.3 is 6.09 Å². The lowest BCUT2D eigenvalue weighted by Gasteiger charge is -2.37. The van der Waals surface area contributed by atoms with Gasteiger partial charge in [-0.25, -0.2) is 14.2 Å². The fraction of sp³-hybridized carbons (Fsp3) is 0.292. The minimum absolute atomic E-state index is 0.0940. The number of benzene rings is 1. The Morgan fingerprint density at radius 3 is 2.58 bits per heavy atom. The summed E-state index contributed by atoms with van der Waals surface area (Å²) in [5.74, 6) is 0.616. The number of carbonyl (C=O) groups is 1. The maximum absolute atomic E-state index is 15.2. The average Bonchev–Trinajstić information content (AvgIpc) is 3.28. The largest absolute Gasteiger partial charge is 0.474 e. The fourth-order valence-electron chi connectivity index (χ4n) is 4.18. The monoisotopic (exact) mass is 509 g/mol. The number of ether oxygens (including phenoxy) is 2. The van der Waals surface area contributed by atoms with Crippen molar-refractivity contribution in [3.05, 3.63) is 65.2 Å². The first-order chi connectivity index (χ1) is 17.5. The Labute approximate surface area is 211 Å². The van der Waals surface area contributed by atoms with Crippen LogP contribution in [0.5, 0.6) is 5.88 Å². The van der Waals surface area contributed by atoms with E-state index in [1.807, 2.05) is 11.0 Å². The molecule has 5 rings (SSSR count). The van der Waals surface area contributed by atoms with E-state index in [0.29, 0.717) is 43.1 Å². The number of anilines is 3. The van der Waals surface area contributed by atoms with Crippen molar-refractivity contribution >= 4 is 34.9 Å². The van der Waals surface area contributed by atoms with Crippen molar-refractivity contribution < 1.29 is 18.7 Å². The van der Waals surface area contributed by atoms with E-state index in [2.05, 4.69) is 26.2 Å². The summed E-state index contributed by atoms with van der Waals surface area (Å²) in [6.07, 6.45) is 0.978. The fourth-order valence-corrected chi connectivity index (χ4v) is 4.28. The molecule has 36 heavy (non-hydrogen) atoms. The maximum Gasteiger partial charge on any atom is 0.414 e. The van der Waals surface area contributed by atoms with Crippen molar-refractivity contribution in [2.45, 2.75) is 6.04 Å². The Morgan fingerprint density at radius 1 is 1.11 bits per heavy atom. The summed E-state index contributed by atoms with van der Waals surface area (Å²) < 4.78 is 26.0. The first kappa shape index (κ1) is 23.6. The van der Waals surface area contributed by atoms with E-state index in [-0.39, 0.29) is 24.2 Å². The van der Waals surface area contributed by atoms with Gasteiger partial charge in [0.2, 0.25) is 5.88 Å². The van der Waals surface area contributed by atoms with Gasteiger partial charge in [-0.1, -0.05) is 11.6 Å². The number of hydrogen-bond donors (Lipinski definition) is 0. The molecule has 2 aromatic heterocycles. The van der Waals surface area contributed by atoms with Crippen molar-refractivity contribution in [2.24, 2.45) is 0 Å². The lowest BCUT2D eigenvalue weighted by Crippen LogP contribution is -2.47. The third kappa shape index (κ3) is 4.94. The highest BCUT2D eigenvalue weighted by Crippen LogP contribution is 2.30. The molecule has 2 aliphatic rings. The van der Waals surface area contributed by atoms with Crippen LogP contribution in [0.25, 0.3) is 0 Å². The third-order valence-corrected chi connectivity index (χ3v) is 6.22. The van der Waals surface area contributed by atoms with E-state index in [1.54, 1.807) is 36.5 Å². The number of amides is 1. The molecular formula is C24H21ClFN7O3. The number of cyclic esters (lactones) is 1. The van der Waals surface area contributed by atoms with Crippen LogP contribution in [-0.4, -0.2) is 66.7 Å². The molecule has 0 spiro atoms. The zero-order chi connectivity index (χ0) is 25.1. The number of nitriles is 1. The molecule has 2 fully saturated rings. The molecule has 0 radical (unpaired) electrons. The first-order valence-electron chi connectivity index (χ1n) is 11.3. The SMILES string of the molecule is N#Cc1ccc(N2CCN(c3ccc(N4C(=O)OCC4COc4ccc(Cl)nn4)cc3F)CC2)nc1. The summed E-state index contributed by atoms with van der Waals surface area (Å²) in [4.78, 5) is 22.2. The van der Waals surface area contributed by atoms with Crippen molar-refractivity contribution in [1.29, 1.82) is 5.26 Å². The number of halogens is 2. The van der Waals surface area contributed by atoms with E-state index in [1.165, 1.54) is 11.0 Å². The molecular weight excluding hydrogens is 489 g/mol. The van der Waals surface area contributed by atoms with Crippen LogP contribution in [0.3, 0.4) is 0 Å². The summed E-state index contributed by atoms with van der Waals surface area (Å²) in [6, 6.07) is 13.0. The van der Waals surface area contributed by atoms with Gasteiger partial charge in [0.15, 0.2) is 5.15 Å². The number of pyridine rings is 1. The highest BCUT2D eigenvalue weighted by molar-refractivity contribution is 6.29. The number of aromatic nitrogens is 3. The first-order valence-corrected chi connectivity index (χ1v) is 11.6. The number of nitrogens with zero attached hydrogens (tertiary/aromatic N) is 7. The maximum atomic E-state index is 15.2. The van der Waals surface area contributed by atoms with Crippen LogP contribution in [0, 0.1) is 17.1 Å². The Balaban J connectivity index is 1.23. The smallest absolute Gasteiger partial charge is 0.414 e. The number of piperazine rings is 1. The predicted octanol–water partition coefficient (Wildman–Crippen LogP) is 3.27. The van der Waals surface area contributed by atoms with Crippen LogP contribution in [0.2, 0.25) is 5.15 Å².